The van der Waals surface area contributed by atoms with Crippen LogP contribution in [0.2, 0.25) is 4.34 Å². The van der Waals surface area contributed by atoms with E-state index >= 15 is 0 Å². The summed E-state index contributed by atoms with van der Waals surface area (Å²) in [6.07, 6.45) is 0. The normalized spacial score (nSPS) is 31.9. The number of fused-ring (bicyclic) bond motifs is 1. The van der Waals surface area contributed by atoms with Crippen LogP contribution in [0.25, 0.3) is 0 Å². The molecule has 2 aliphatic heterocycles. The summed E-state index contributed by atoms with van der Waals surface area (Å²) in [6, 6.07) is 0. The van der Waals surface area contributed by atoms with Crippen LogP contribution in [0.1, 0.15) is 19.5 Å². The van der Waals surface area contributed by atoms with E-state index in [0.717, 1.165) is 48.0 Å². The maximum absolute atomic E-state index is 6.09. The Morgan fingerprint density at radius 2 is 2.35 bits per heavy atom. The Morgan fingerprint density at radius 3 is 3.00 bits per heavy atom. The number of nitrogens with zero attached hydrogens (tertiary/aromatic N) is 3. The van der Waals surface area contributed by atoms with Gasteiger partial charge in [-0.05, 0) is 32.2 Å². The highest BCUT2D eigenvalue weighted by Gasteiger charge is 2.49. The van der Waals surface area contributed by atoms with E-state index in [1.807, 2.05) is 0 Å². The van der Waals surface area contributed by atoms with Gasteiger partial charge in [0, 0.05) is 36.7 Å². The molecule has 0 radical (unpaired) electrons. The molecule has 0 amide bonds. The second-order valence-corrected chi connectivity index (χ2v) is 6.91. The van der Waals surface area contributed by atoms with Gasteiger partial charge in [0.2, 0.25) is 0 Å². The Labute approximate surface area is 111 Å². The van der Waals surface area contributed by atoms with Crippen molar-refractivity contribution in [2.45, 2.75) is 25.9 Å². The van der Waals surface area contributed by atoms with Crippen LogP contribution in [0.15, 0.2) is 0 Å². The lowest BCUT2D eigenvalue weighted by Crippen LogP contribution is -2.44. The summed E-state index contributed by atoms with van der Waals surface area (Å²) in [5.74, 6) is 1.52. The lowest BCUT2D eigenvalue weighted by Gasteiger charge is -2.35. The average molecular weight is 273 g/mol. The topological polar surface area (TPSA) is 41.0 Å². The molecule has 0 spiro atoms. The molecule has 2 fully saturated rings. The highest BCUT2D eigenvalue weighted by molar-refractivity contribution is 7.10. The van der Waals surface area contributed by atoms with E-state index in [1.54, 1.807) is 0 Å². The molecule has 3 rings (SSSR count). The van der Waals surface area contributed by atoms with E-state index in [0.29, 0.717) is 0 Å². The fourth-order valence-corrected chi connectivity index (χ4v) is 3.86. The Hall–Kier alpha value is -0.230. The van der Waals surface area contributed by atoms with Crippen molar-refractivity contribution >= 4 is 23.1 Å². The summed E-state index contributed by atoms with van der Waals surface area (Å²) in [5, 5.41) is 7.61. The molecule has 0 aliphatic carbocycles. The monoisotopic (exact) mass is 272 g/mol. The smallest absolute Gasteiger partial charge is 0.138 e. The number of rotatable bonds is 2. The molecule has 94 valence electrons. The van der Waals surface area contributed by atoms with E-state index in [9.17, 15) is 0 Å². The molecular weight excluding hydrogens is 256 g/mol. The molecule has 3 heterocycles. The zero-order valence-corrected chi connectivity index (χ0v) is 11.7. The van der Waals surface area contributed by atoms with Crippen molar-refractivity contribution in [3.8, 4) is 0 Å². The predicted molar refractivity (Wildman–Crippen MR) is 69.3 cm³/mol. The van der Waals surface area contributed by atoms with Gasteiger partial charge in [0.1, 0.15) is 10.0 Å². The van der Waals surface area contributed by atoms with Crippen molar-refractivity contribution in [2.75, 3.05) is 19.6 Å². The average Bonchev–Trinajstić information content (AvgIpc) is 2.91. The lowest BCUT2D eigenvalue weighted by molar-refractivity contribution is 0.130. The molecule has 4 nitrogen and oxygen atoms in total. The lowest BCUT2D eigenvalue weighted by atomic mass is 9.85. The number of hydrogen-bond donors (Lipinski definition) is 1. The first kappa shape index (κ1) is 11.8. The van der Waals surface area contributed by atoms with Crippen LogP contribution in [0.5, 0.6) is 0 Å². The molecule has 2 saturated heterocycles. The highest BCUT2D eigenvalue weighted by atomic mass is 35.5. The van der Waals surface area contributed by atoms with Crippen LogP contribution in [0.3, 0.4) is 0 Å². The first-order valence-corrected chi connectivity index (χ1v) is 7.16. The van der Waals surface area contributed by atoms with Gasteiger partial charge in [0.15, 0.2) is 0 Å². The summed E-state index contributed by atoms with van der Waals surface area (Å²) >= 11 is 7.36. The number of aromatic nitrogens is 2. The van der Waals surface area contributed by atoms with Crippen LogP contribution < -0.4 is 5.32 Å². The molecule has 6 heteroatoms. The van der Waals surface area contributed by atoms with Crippen LogP contribution in [-0.4, -0.2) is 39.7 Å². The molecule has 2 unspecified atom stereocenters. The van der Waals surface area contributed by atoms with Gasteiger partial charge in [-0.1, -0.05) is 16.1 Å². The van der Waals surface area contributed by atoms with Gasteiger partial charge >= 0.3 is 0 Å². The second-order valence-electron chi connectivity index (χ2n) is 5.55. The fourth-order valence-electron chi connectivity index (χ4n) is 3.24. The standard InChI is InChI=1S/C11H17ClN4S/c1-11(2)8-4-13-3-7(8)5-16(11)6-9-10(12)17-15-14-9/h7-8,13H,3-6H2,1-2H3. The van der Waals surface area contributed by atoms with Crippen molar-refractivity contribution in [3.05, 3.63) is 10.0 Å². The summed E-state index contributed by atoms with van der Waals surface area (Å²) in [5.41, 5.74) is 1.15. The van der Waals surface area contributed by atoms with Crippen molar-refractivity contribution < 1.29 is 0 Å². The minimum atomic E-state index is 0.223. The SMILES string of the molecule is CC1(C)C2CNCC2CN1Cc1nnsc1Cl. The third-order valence-corrected chi connectivity index (χ3v) is 5.35. The number of likely N-dealkylation sites (tertiary alicyclic amines) is 1. The Balaban J connectivity index is 1.79. The van der Waals surface area contributed by atoms with Gasteiger partial charge in [-0.25, -0.2) is 0 Å². The molecule has 1 N–H and O–H groups in total. The van der Waals surface area contributed by atoms with Crippen LogP contribution >= 0.6 is 23.1 Å². The quantitative estimate of drug-likeness (QED) is 0.888. The molecule has 2 aliphatic rings. The van der Waals surface area contributed by atoms with Gasteiger partial charge in [-0.15, -0.1) is 5.10 Å². The number of hydrogen-bond acceptors (Lipinski definition) is 5. The first-order valence-electron chi connectivity index (χ1n) is 6.01. The molecule has 0 saturated carbocycles. The molecule has 0 aromatic carbocycles. The minimum Gasteiger partial charge on any atom is -0.316 e. The Kier molecular flexibility index (Phi) is 2.89. The van der Waals surface area contributed by atoms with E-state index in [1.165, 1.54) is 11.5 Å². The van der Waals surface area contributed by atoms with Gasteiger partial charge < -0.3 is 5.32 Å². The maximum Gasteiger partial charge on any atom is 0.138 e. The van der Waals surface area contributed by atoms with Gasteiger partial charge in [0.05, 0.1) is 0 Å². The summed E-state index contributed by atoms with van der Waals surface area (Å²) in [6.45, 7) is 8.91. The summed E-state index contributed by atoms with van der Waals surface area (Å²) in [7, 11) is 0. The van der Waals surface area contributed by atoms with Crippen LogP contribution in [-0.2, 0) is 6.54 Å². The van der Waals surface area contributed by atoms with E-state index < -0.39 is 0 Å². The highest BCUT2D eigenvalue weighted by Crippen LogP contribution is 2.41. The molecule has 2 atom stereocenters. The van der Waals surface area contributed by atoms with Crippen molar-refractivity contribution in [3.63, 3.8) is 0 Å². The third kappa shape index (κ3) is 1.89. The Morgan fingerprint density at radius 1 is 1.53 bits per heavy atom. The van der Waals surface area contributed by atoms with Gasteiger partial charge in [-0.3, -0.25) is 4.90 Å². The number of halogens is 1. The predicted octanol–water partition coefficient (Wildman–Crippen LogP) is 1.62. The van der Waals surface area contributed by atoms with E-state index in [-0.39, 0.29) is 5.54 Å². The van der Waals surface area contributed by atoms with Crippen molar-refractivity contribution in [1.29, 1.82) is 0 Å². The zero-order chi connectivity index (χ0) is 12.0. The first-order chi connectivity index (χ1) is 8.09. The molecule has 17 heavy (non-hydrogen) atoms. The van der Waals surface area contributed by atoms with Crippen LogP contribution in [0.4, 0.5) is 0 Å². The molecular formula is C11H17ClN4S. The summed E-state index contributed by atoms with van der Waals surface area (Å²) < 4.78 is 4.64. The molecule has 1 aromatic heterocycles. The minimum absolute atomic E-state index is 0.223. The van der Waals surface area contributed by atoms with Gasteiger partial charge in [-0.2, -0.15) is 0 Å². The zero-order valence-electron chi connectivity index (χ0n) is 10.1. The van der Waals surface area contributed by atoms with E-state index in [2.05, 4.69) is 33.7 Å². The van der Waals surface area contributed by atoms with Crippen LogP contribution in [0, 0.1) is 11.8 Å². The maximum atomic E-state index is 6.09. The second kappa shape index (κ2) is 4.16. The van der Waals surface area contributed by atoms with Gasteiger partial charge in [0.25, 0.3) is 0 Å². The molecule has 0 bridgehead atoms. The third-order valence-electron chi connectivity index (χ3n) is 4.37. The van der Waals surface area contributed by atoms with Crippen molar-refractivity contribution in [2.24, 2.45) is 11.8 Å². The molecule has 1 aromatic rings. The number of nitrogens with one attached hydrogen (secondary N) is 1. The summed E-state index contributed by atoms with van der Waals surface area (Å²) in [4.78, 5) is 2.51. The fraction of sp³-hybridized carbons (Fsp3) is 0.818. The Bertz CT molecular complexity index is 419. The largest absolute Gasteiger partial charge is 0.316 e. The van der Waals surface area contributed by atoms with Crippen molar-refractivity contribution in [1.82, 2.24) is 19.8 Å². The van der Waals surface area contributed by atoms with E-state index in [4.69, 9.17) is 11.6 Å².